The van der Waals surface area contributed by atoms with Gasteiger partial charge in [0, 0.05) is 12.0 Å². The smallest absolute Gasteiger partial charge is 0.256 e. The molecule has 1 rings (SSSR count). The molecule has 0 radical (unpaired) electrons. The highest BCUT2D eigenvalue weighted by atomic mass is 16.5. The maximum absolute atomic E-state index is 9.81. The summed E-state index contributed by atoms with van der Waals surface area (Å²) in [6, 6.07) is 8.69. The molecule has 2 N–H and O–H groups in total. The molecule has 0 aliphatic carbocycles. The van der Waals surface area contributed by atoms with Gasteiger partial charge in [0.15, 0.2) is 0 Å². The Morgan fingerprint density at radius 2 is 1.67 bits per heavy atom. The van der Waals surface area contributed by atoms with Crippen molar-refractivity contribution in [3.8, 4) is 11.8 Å². The molecule has 98 valence electrons. The lowest BCUT2D eigenvalue weighted by atomic mass is 10.1. The summed E-state index contributed by atoms with van der Waals surface area (Å²) in [5.74, 6) is 3.36. The van der Waals surface area contributed by atoms with Crippen LogP contribution >= 0.6 is 0 Å². The van der Waals surface area contributed by atoms with E-state index >= 15 is 0 Å². The van der Waals surface area contributed by atoms with Gasteiger partial charge in [-0.3, -0.25) is 0 Å². The number of hydrogen-bond donors (Lipinski definition) is 2. The molecule has 1 aromatic rings. The lowest BCUT2D eigenvalue weighted by Gasteiger charge is -2.14. The fourth-order valence-electron chi connectivity index (χ4n) is 1.75. The van der Waals surface area contributed by atoms with Crippen molar-refractivity contribution in [1.29, 1.82) is 0 Å². The van der Waals surface area contributed by atoms with Crippen LogP contribution in [0.1, 0.15) is 51.0 Å². The molecular weight excluding hydrogens is 224 g/mol. The van der Waals surface area contributed by atoms with Gasteiger partial charge < -0.3 is 10.2 Å². The van der Waals surface area contributed by atoms with E-state index in [4.69, 9.17) is 0 Å². The lowest BCUT2D eigenvalue weighted by Crippen LogP contribution is -2.22. The molecule has 0 amide bonds. The Balaban J connectivity index is 2.37. The number of unbranched alkanes of at least 4 members (excludes halogenated alkanes) is 5. The standard InChI is InChI=1S/C16H22O2/c1-2-3-4-5-6-7-11-14-16(17,18)15-12-9-8-10-13-15/h8-10,12-13,17-18H,2-7H2,1H3. The molecule has 2 nitrogen and oxygen atoms in total. The van der Waals surface area contributed by atoms with Crippen molar-refractivity contribution in [3.63, 3.8) is 0 Å². The normalized spacial score (nSPS) is 10.8. The summed E-state index contributed by atoms with van der Waals surface area (Å²) in [5.41, 5.74) is 0.420. The number of benzene rings is 1. The van der Waals surface area contributed by atoms with E-state index in [-0.39, 0.29) is 0 Å². The fraction of sp³-hybridized carbons (Fsp3) is 0.500. The highest BCUT2D eigenvalue weighted by Crippen LogP contribution is 2.16. The molecule has 0 bridgehead atoms. The van der Waals surface area contributed by atoms with Crippen LogP contribution in [0.5, 0.6) is 0 Å². The predicted molar refractivity (Wildman–Crippen MR) is 73.7 cm³/mol. The van der Waals surface area contributed by atoms with Crippen molar-refractivity contribution >= 4 is 0 Å². The molecule has 1 aromatic carbocycles. The molecule has 0 unspecified atom stereocenters. The Morgan fingerprint density at radius 1 is 1.00 bits per heavy atom. The third-order valence-corrected chi connectivity index (χ3v) is 2.84. The first-order chi connectivity index (χ1) is 8.67. The summed E-state index contributed by atoms with van der Waals surface area (Å²) in [7, 11) is 0. The molecule has 0 spiro atoms. The van der Waals surface area contributed by atoms with Gasteiger partial charge in [-0.2, -0.15) is 0 Å². The quantitative estimate of drug-likeness (QED) is 0.460. The topological polar surface area (TPSA) is 40.5 Å². The summed E-state index contributed by atoms with van der Waals surface area (Å²) in [6.07, 6.45) is 6.65. The molecule has 0 saturated carbocycles. The van der Waals surface area contributed by atoms with Gasteiger partial charge in [0.1, 0.15) is 0 Å². The van der Waals surface area contributed by atoms with E-state index in [1.165, 1.54) is 19.3 Å². The molecular formula is C16H22O2. The Hall–Kier alpha value is -1.30. The second-order valence-electron chi connectivity index (χ2n) is 4.50. The van der Waals surface area contributed by atoms with Crippen LogP contribution < -0.4 is 0 Å². The second-order valence-corrected chi connectivity index (χ2v) is 4.50. The van der Waals surface area contributed by atoms with Crippen molar-refractivity contribution in [2.24, 2.45) is 0 Å². The molecule has 0 saturated heterocycles. The van der Waals surface area contributed by atoms with Crippen LogP contribution in [-0.4, -0.2) is 10.2 Å². The average Bonchev–Trinajstić information content (AvgIpc) is 2.39. The molecule has 0 fully saturated rings. The predicted octanol–water partition coefficient (Wildman–Crippen LogP) is 3.19. The Bertz CT molecular complexity index is 385. The van der Waals surface area contributed by atoms with Crippen molar-refractivity contribution in [1.82, 2.24) is 0 Å². The summed E-state index contributed by atoms with van der Waals surface area (Å²) < 4.78 is 0. The van der Waals surface area contributed by atoms with Gasteiger partial charge >= 0.3 is 0 Å². The van der Waals surface area contributed by atoms with Crippen LogP contribution in [0.25, 0.3) is 0 Å². The molecule has 0 heterocycles. The average molecular weight is 246 g/mol. The molecule has 0 aromatic heterocycles. The Morgan fingerprint density at radius 3 is 2.33 bits per heavy atom. The molecule has 0 aliphatic heterocycles. The van der Waals surface area contributed by atoms with Gasteiger partial charge in [0.25, 0.3) is 5.79 Å². The van der Waals surface area contributed by atoms with E-state index in [0.717, 1.165) is 19.3 Å². The van der Waals surface area contributed by atoms with Crippen molar-refractivity contribution < 1.29 is 10.2 Å². The van der Waals surface area contributed by atoms with E-state index < -0.39 is 5.79 Å². The number of aliphatic hydroxyl groups is 2. The minimum Gasteiger partial charge on any atom is -0.352 e. The monoisotopic (exact) mass is 246 g/mol. The van der Waals surface area contributed by atoms with Gasteiger partial charge in [-0.05, 0) is 12.3 Å². The van der Waals surface area contributed by atoms with Crippen LogP contribution in [0.3, 0.4) is 0 Å². The minimum atomic E-state index is -2.02. The first kappa shape index (κ1) is 14.8. The third kappa shape index (κ3) is 5.35. The van der Waals surface area contributed by atoms with E-state index in [0.29, 0.717) is 5.56 Å². The first-order valence-corrected chi connectivity index (χ1v) is 6.67. The molecule has 0 aliphatic rings. The van der Waals surface area contributed by atoms with Gasteiger partial charge in [0.05, 0.1) is 0 Å². The van der Waals surface area contributed by atoms with E-state index in [9.17, 15) is 10.2 Å². The van der Waals surface area contributed by atoms with Crippen molar-refractivity contribution in [2.45, 2.75) is 51.2 Å². The summed E-state index contributed by atoms with van der Waals surface area (Å²) >= 11 is 0. The molecule has 0 atom stereocenters. The van der Waals surface area contributed by atoms with Crippen LogP contribution in [0, 0.1) is 11.8 Å². The van der Waals surface area contributed by atoms with Gasteiger partial charge in [-0.15, -0.1) is 0 Å². The lowest BCUT2D eigenvalue weighted by molar-refractivity contribution is -0.116. The summed E-state index contributed by atoms with van der Waals surface area (Å²) in [4.78, 5) is 0. The van der Waals surface area contributed by atoms with Crippen LogP contribution in [-0.2, 0) is 5.79 Å². The number of hydrogen-bond acceptors (Lipinski definition) is 2. The molecule has 18 heavy (non-hydrogen) atoms. The Kier molecular flexibility index (Phi) is 6.49. The zero-order valence-corrected chi connectivity index (χ0v) is 11.0. The maximum atomic E-state index is 9.81. The van der Waals surface area contributed by atoms with Gasteiger partial charge in [0.2, 0.25) is 0 Å². The van der Waals surface area contributed by atoms with Gasteiger partial charge in [-0.1, -0.05) is 68.9 Å². The van der Waals surface area contributed by atoms with Crippen LogP contribution in [0.4, 0.5) is 0 Å². The summed E-state index contributed by atoms with van der Waals surface area (Å²) in [6.45, 7) is 2.19. The number of rotatable bonds is 6. The fourth-order valence-corrected chi connectivity index (χ4v) is 1.75. The minimum absolute atomic E-state index is 0.420. The van der Waals surface area contributed by atoms with Crippen molar-refractivity contribution in [2.75, 3.05) is 0 Å². The molecule has 2 heteroatoms. The highest BCUT2D eigenvalue weighted by molar-refractivity contribution is 5.27. The summed E-state index contributed by atoms with van der Waals surface area (Å²) in [5, 5.41) is 19.6. The zero-order valence-electron chi connectivity index (χ0n) is 11.0. The SMILES string of the molecule is CCCCCCCC#CC(O)(O)c1ccccc1. The third-order valence-electron chi connectivity index (χ3n) is 2.84. The van der Waals surface area contributed by atoms with E-state index in [1.807, 2.05) is 6.07 Å². The van der Waals surface area contributed by atoms with E-state index in [1.54, 1.807) is 24.3 Å². The van der Waals surface area contributed by atoms with Crippen LogP contribution in [0.15, 0.2) is 30.3 Å². The largest absolute Gasteiger partial charge is 0.352 e. The van der Waals surface area contributed by atoms with Gasteiger partial charge in [-0.25, -0.2) is 0 Å². The highest BCUT2D eigenvalue weighted by Gasteiger charge is 2.21. The van der Waals surface area contributed by atoms with Crippen LogP contribution in [0.2, 0.25) is 0 Å². The zero-order chi connectivity index (χ0) is 13.3. The maximum Gasteiger partial charge on any atom is 0.256 e. The van der Waals surface area contributed by atoms with Crippen molar-refractivity contribution in [3.05, 3.63) is 35.9 Å². The first-order valence-electron chi connectivity index (χ1n) is 6.67. The second kappa shape index (κ2) is 7.92. The Labute approximate surface area is 110 Å². The van der Waals surface area contributed by atoms with E-state index in [2.05, 4.69) is 18.8 Å².